The molecule has 0 bridgehead atoms. The molecule has 70 valence electrons. The Bertz CT molecular complexity index is 229. The first kappa shape index (κ1) is 11.6. The van der Waals surface area contributed by atoms with Crippen LogP contribution in [0.4, 0.5) is 0 Å². The molecule has 0 aliphatic carbocycles. The number of nitrogens with zero attached hydrogens (tertiary/aromatic N) is 1. The maximum atomic E-state index is 11.0. The second kappa shape index (κ2) is 4.04. The summed E-state index contributed by atoms with van der Waals surface area (Å²) in [5, 5.41) is 7.24. The summed E-state index contributed by atoms with van der Waals surface area (Å²) in [7, 11) is -4.28. The third-order valence-electron chi connectivity index (χ3n) is 2.01. The molecule has 0 heterocycles. The van der Waals surface area contributed by atoms with Crippen molar-refractivity contribution < 1.29 is 14.4 Å². The molecule has 1 atom stereocenters. The largest absolute Gasteiger partial charge is 0.345 e. The Morgan fingerprint density at radius 2 is 2.00 bits per heavy atom. The van der Waals surface area contributed by atoms with E-state index in [2.05, 4.69) is 0 Å². The van der Waals surface area contributed by atoms with E-state index < -0.39 is 12.8 Å². The van der Waals surface area contributed by atoms with Crippen molar-refractivity contribution in [3.8, 4) is 6.07 Å². The van der Waals surface area contributed by atoms with Crippen LogP contribution in [0.5, 0.6) is 0 Å². The van der Waals surface area contributed by atoms with Crippen LogP contribution in [0.15, 0.2) is 0 Å². The minimum Gasteiger partial charge on any atom is -0.323 e. The lowest BCUT2D eigenvalue weighted by atomic mass is 10.0. The van der Waals surface area contributed by atoms with Gasteiger partial charge in [0.05, 0.1) is 6.07 Å². The van der Waals surface area contributed by atoms with Gasteiger partial charge in [-0.3, -0.25) is 4.57 Å². The van der Waals surface area contributed by atoms with Gasteiger partial charge in [0.2, 0.25) is 0 Å². The summed E-state index contributed by atoms with van der Waals surface area (Å²) in [6.45, 7) is 3.43. The van der Waals surface area contributed by atoms with Crippen molar-refractivity contribution in [1.82, 2.24) is 0 Å². The van der Waals surface area contributed by atoms with Crippen LogP contribution in [-0.4, -0.2) is 14.9 Å². The van der Waals surface area contributed by atoms with Gasteiger partial charge in [0.15, 0.2) is 5.16 Å². The van der Waals surface area contributed by atoms with Gasteiger partial charge in [0.1, 0.15) is 0 Å². The lowest BCUT2D eigenvalue weighted by molar-refractivity contribution is 0.332. The molecule has 0 fully saturated rings. The quantitative estimate of drug-likeness (QED) is 0.662. The minimum absolute atomic E-state index is 0.196. The van der Waals surface area contributed by atoms with Gasteiger partial charge >= 0.3 is 7.60 Å². The fourth-order valence-electron chi connectivity index (χ4n) is 1.14. The molecule has 0 saturated heterocycles. The van der Waals surface area contributed by atoms with Gasteiger partial charge in [-0.15, -0.1) is 0 Å². The molecule has 2 N–H and O–H groups in total. The second-order valence-electron chi connectivity index (χ2n) is 2.79. The Hall–Kier alpha value is -0.360. The van der Waals surface area contributed by atoms with Gasteiger partial charge in [-0.05, 0) is 12.8 Å². The fourth-order valence-corrected chi connectivity index (χ4v) is 2.20. The van der Waals surface area contributed by atoms with E-state index in [9.17, 15) is 4.57 Å². The van der Waals surface area contributed by atoms with Gasteiger partial charge in [0, 0.05) is 0 Å². The maximum absolute atomic E-state index is 11.0. The van der Waals surface area contributed by atoms with Crippen LogP contribution in [0.3, 0.4) is 0 Å². The SMILES string of the molecule is CCCC(C#N)(CC)P(=O)(O)O. The second-order valence-corrected chi connectivity index (χ2v) is 4.74. The Kier molecular flexibility index (Phi) is 3.92. The standard InChI is InChI=1S/C7H14NO3P/c1-3-5-7(4-2,6-8)12(9,10)11/h3-5H2,1-2H3,(H2,9,10,11). The first-order chi connectivity index (χ1) is 5.43. The molecule has 0 aliphatic rings. The Balaban J connectivity index is 4.87. The highest BCUT2D eigenvalue weighted by Gasteiger charge is 2.44. The van der Waals surface area contributed by atoms with Crippen LogP contribution in [0.25, 0.3) is 0 Å². The summed E-state index contributed by atoms with van der Waals surface area (Å²) >= 11 is 0. The van der Waals surface area contributed by atoms with Crippen LogP contribution < -0.4 is 0 Å². The van der Waals surface area contributed by atoms with E-state index in [1.54, 1.807) is 19.9 Å². The van der Waals surface area contributed by atoms with E-state index in [-0.39, 0.29) is 12.8 Å². The molecule has 1 unspecified atom stereocenters. The summed E-state index contributed by atoms with van der Waals surface area (Å²) < 4.78 is 11.0. The van der Waals surface area contributed by atoms with E-state index in [1.165, 1.54) is 0 Å². The van der Waals surface area contributed by atoms with Crippen molar-refractivity contribution in [2.75, 3.05) is 0 Å². The smallest absolute Gasteiger partial charge is 0.323 e. The van der Waals surface area contributed by atoms with Crippen molar-refractivity contribution in [3.63, 3.8) is 0 Å². The highest BCUT2D eigenvalue weighted by Crippen LogP contribution is 2.54. The van der Waals surface area contributed by atoms with Gasteiger partial charge < -0.3 is 9.79 Å². The number of hydrogen-bond acceptors (Lipinski definition) is 2. The van der Waals surface area contributed by atoms with Crippen molar-refractivity contribution >= 4 is 7.60 Å². The van der Waals surface area contributed by atoms with Crippen LogP contribution in [0.1, 0.15) is 33.1 Å². The van der Waals surface area contributed by atoms with E-state index in [4.69, 9.17) is 15.0 Å². The highest BCUT2D eigenvalue weighted by atomic mass is 31.2. The molecular formula is C7H14NO3P. The first-order valence-corrected chi connectivity index (χ1v) is 5.51. The van der Waals surface area contributed by atoms with Crippen molar-refractivity contribution in [3.05, 3.63) is 0 Å². The Morgan fingerprint density at radius 3 is 2.08 bits per heavy atom. The monoisotopic (exact) mass is 191 g/mol. The lowest BCUT2D eigenvalue weighted by Crippen LogP contribution is -2.25. The number of nitriles is 1. The molecule has 0 rings (SSSR count). The van der Waals surface area contributed by atoms with E-state index in [0.29, 0.717) is 6.42 Å². The molecule has 12 heavy (non-hydrogen) atoms. The summed E-state index contributed by atoms with van der Waals surface area (Å²) in [5.41, 5.74) is 0. The number of rotatable bonds is 4. The zero-order valence-electron chi connectivity index (χ0n) is 7.32. The molecule has 0 aliphatic heterocycles. The highest BCUT2D eigenvalue weighted by molar-refractivity contribution is 7.54. The third kappa shape index (κ3) is 2.07. The van der Waals surface area contributed by atoms with E-state index >= 15 is 0 Å². The average Bonchev–Trinajstić information content (AvgIpc) is 1.98. The zero-order chi connectivity index (χ0) is 9.83. The molecule has 0 aromatic rings. The summed E-state index contributed by atoms with van der Waals surface area (Å²) in [5.74, 6) is 0. The molecule has 0 radical (unpaired) electrons. The first-order valence-electron chi connectivity index (χ1n) is 3.90. The zero-order valence-corrected chi connectivity index (χ0v) is 8.21. The third-order valence-corrected chi connectivity index (χ3v) is 3.77. The lowest BCUT2D eigenvalue weighted by Gasteiger charge is -2.25. The van der Waals surface area contributed by atoms with Gasteiger partial charge in [-0.1, -0.05) is 20.3 Å². The predicted octanol–water partition coefficient (Wildman–Crippen LogP) is 1.64. The van der Waals surface area contributed by atoms with Crippen LogP contribution >= 0.6 is 7.60 Å². The molecule has 0 spiro atoms. The normalized spacial score (nSPS) is 16.6. The molecular weight excluding hydrogens is 177 g/mol. The van der Waals surface area contributed by atoms with Crippen LogP contribution in [-0.2, 0) is 4.57 Å². The molecule has 0 amide bonds. The van der Waals surface area contributed by atoms with E-state index in [0.717, 1.165) is 0 Å². The Morgan fingerprint density at radius 1 is 1.50 bits per heavy atom. The Labute approximate surface area is 72.4 Å². The molecule has 0 aromatic carbocycles. The van der Waals surface area contributed by atoms with Crippen molar-refractivity contribution in [2.24, 2.45) is 0 Å². The molecule has 4 nitrogen and oxygen atoms in total. The molecule has 0 aromatic heterocycles. The van der Waals surface area contributed by atoms with Crippen LogP contribution in [0, 0.1) is 11.3 Å². The fraction of sp³-hybridized carbons (Fsp3) is 0.857. The summed E-state index contributed by atoms with van der Waals surface area (Å²) in [6.07, 6.45) is 1.05. The molecule has 5 heteroatoms. The topological polar surface area (TPSA) is 81.3 Å². The summed E-state index contributed by atoms with van der Waals surface area (Å²) in [4.78, 5) is 17.9. The predicted molar refractivity (Wildman–Crippen MR) is 45.6 cm³/mol. The minimum atomic E-state index is -4.28. The van der Waals surface area contributed by atoms with Gasteiger partial charge in [0.25, 0.3) is 0 Å². The van der Waals surface area contributed by atoms with E-state index in [1.807, 2.05) is 0 Å². The van der Waals surface area contributed by atoms with Gasteiger partial charge in [-0.25, -0.2) is 0 Å². The van der Waals surface area contributed by atoms with Crippen LogP contribution in [0.2, 0.25) is 0 Å². The summed E-state index contributed by atoms with van der Waals surface area (Å²) in [6, 6.07) is 1.74. The number of hydrogen-bond donors (Lipinski definition) is 2. The van der Waals surface area contributed by atoms with Crippen molar-refractivity contribution in [1.29, 1.82) is 5.26 Å². The maximum Gasteiger partial charge on any atom is 0.345 e. The van der Waals surface area contributed by atoms with Gasteiger partial charge in [-0.2, -0.15) is 5.26 Å². The average molecular weight is 191 g/mol. The van der Waals surface area contributed by atoms with Crippen molar-refractivity contribution in [2.45, 2.75) is 38.3 Å². The molecule has 0 saturated carbocycles.